The first-order valence-electron chi connectivity index (χ1n) is 28.4. The fraction of sp³-hybridized carbons (Fsp3) is 0.667. The summed E-state index contributed by atoms with van der Waals surface area (Å²) in [6.07, 6.45) is 4.53. The highest BCUT2D eigenvalue weighted by atomic mass is 32.2. The van der Waals surface area contributed by atoms with Crippen LogP contribution in [0.15, 0.2) is 60.8 Å². The Labute approximate surface area is 478 Å². The minimum Gasteiger partial charge on any atom is -0.458 e. The summed E-state index contributed by atoms with van der Waals surface area (Å²) in [5, 5.41) is 0.412. The Kier molecular flexibility index (Phi) is 15.0. The molecule has 0 radical (unpaired) electrons. The number of carbonyl (C=O) groups excluding carboxylic acids is 10. The molecule has 25 unspecified atom stereocenters. The molecule has 16 aliphatic rings. The van der Waals surface area contributed by atoms with Crippen molar-refractivity contribution in [3.05, 3.63) is 60.8 Å². The summed E-state index contributed by atoms with van der Waals surface area (Å²) in [7, 11) is 0. The molecule has 16 fully saturated rings. The summed E-state index contributed by atoms with van der Waals surface area (Å²) in [5.74, 6) is -1.06. The highest BCUT2D eigenvalue weighted by Crippen LogP contribution is 2.63. The fourth-order valence-electron chi connectivity index (χ4n) is 15.6. The van der Waals surface area contributed by atoms with Gasteiger partial charge in [0.25, 0.3) is 0 Å². The van der Waals surface area contributed by atoms with E-state index in [1.165, 1.54) is 0 Å². The Bertz CT molecular complexity index is 2700. The lowest BCUT2D eigenvalue weighted by Crippen LogP contribution is -2.50. The Balaban J connectivity index is 0.000000108. The molecule has 12 bridgehead atoms. The number of thioether (sulfide) groups is 1. The number of ether oxygens (including phenoxy) is 11. The van der Waals surface area contributed by atoms with Crippen LogP contribution in [0.1, 0.15) is 99.3 Å². The highest BCUT2D eigenvalue weighted by Gasteiger charge is 2.70. The van der Waals surface area contributed by atoms with Crippen molar-refractivity contribution in [2.45, 2.75) is 183 Å². The number of fused-ring (bicyclic) bond motifs is 5. The number of carbonyl (C=O) groups is 10. The smallest absolute Gasteiger partial charge is 0.333 e. The van der Waals surface area contributed by atoms with Crippen molar-refractivity contribution in [3.63, 3.8) is 0 Å². The van der Waals surface area contributed by atoms with Crippen LogP contribution in [0.4, 0.5) is 0 Å². The third kappa shape index (κ3) is 9.77. The van der Waals surface area contributed by atoms with Crippen molar-refractivity contribution >= 4 is 71.5 Å². The molecule has 0 amide bonds. The Morgan fingerprint density at radius 1 is 0.451 bits per heavy atom. The molecule has 82 heavy (non-hydrogen) atoms. The maximum Gasteiger partial charge on any atom is 0.333 e. The molecular formula is C60H70O21S. The molecule has 0 spiro atoms. The third-order valence-electron chi connectivity index (χ3n) is 19.6. The van der Waals surface area contributed by atoms with Gasteiger partial charge in [0.05, 0.1) is 40.4 Å². The minimum absolute atomic E-state index is 0.0276. The van der Waals surface area contributed by atoms with E-state index in [0.29, 0.717) is 40.2 Å². The second kappa shape index (κ2) is 21.4. The van der Waals surface area contributed by atoms with Gasteiger partial charge in [-0.15, -0.1) is 11.8 Å². The molecule has 9 aliphatic heterocycles. The molecule has 9 heterocycles. The van der Waals surface area contributed by atoms with Crippen molar-refractivity contribution in [1.82, 2.24) is 0 Å². The van der Waals surface area contributed by atoms with Gasteiger partial charge in [-0.1, -0.05) is 32.9 Å². The average Bonchev–Trinajstić information content (AvgIpc) is 3.67. The molecule has 442 valence electrons. The summed E-state index contributed by atoms with van der Waals surface area (Å²) >= 11 is 1.72. The Morgan fingerprint density at radius 2 is 0.915 bits per heavy atom. The lowest BCUT2D eigenvalue weighted by atomic mass is 9.63. The van der Waals surface area contributed by atoms with Gasteiger partial charge in [0.2, 0.25) is 0 Å². The topological polar surface area (TPSA) is 272 Å². The number of esters is 10. The molecule has 0 aromatic carbocycles. The highest BCUT2D eigenvalue weighted by molar-refractivity contribution is 8.01. The zero-order valence-corrected chi connectivity index (χ0v) is 47.6. The fourth-order valence-corrected chi connectivity index (χ4v) is 17.5. The molecular weight excluding hydrogens is 1090 g/mol. The lowest BCUT2D eigenvalue weighted by molar-refractivity contribution is -0.168. The first-order chi connectivity index (χ1) is 38.7. The largest absolute Gasteiger partial charge is 0.458 e. The van der Waals surface area contributed by atoms with E-state index < -0.39 is 24.1 Å². The van der Waals surface area contributed by atoms with Crippen molar-refractivity contribution in [2.24, 2.45) is 64.6 Å². The van der Waals surface area contributed by atoms with Crippen LogP contribution in [0, 0.1) is 64.6 Å². The Morgan fingerprint density at radius 3 is 1.50 bits per heavy atom. The maximum absolute atomic E-state index is 11.8. The van der Waals surface area contributed by atoms with Crippen LogP contribution in [-0.2, 0) is 100 Å². The van der Waals surface area contributed by atoms with E-state index in [-0.39, 0.29) is 178 Å². The van der Waals surface area contributed by atoms with Gasteiger partial charge in [-0.05, 0) is 99.3 Å². The van der Waals surface area contributed by atoms with Gasteiger partial charge in [-0.25, -0.2) is 24.0 Å². The van der Waals surface area contributed by atoms with Crippen LogP contribution in [0.2, 0.25) is 0 Å². The quantitative estimate of drug-likeness (QED) is 0.157. The SMILES string of the molecule is C=C(C)C(=O)OC1C2CC3C(=O)OC1C3C2.C=C(C)C(=O)OC1C2CC3C(=O)OC1C3O2.C=C(C)C(=O)OC1C2CC3C(=O)OC1C3S2.C=C(C)C(=O)OC1C2CC3C1OC(=O)C3(C)C2.C=C(C)C(=O)OC1C2CCC3C(C2)C(=O)OC31. The molecule has 7 aliphatic carbocycles. The summed E-state index contributed by atoms with van der Waals surface area (Å²) in [6.45, 7) is 27.8. The maximum atomic E-state index is 11.8. The molecule has 9 saturated heterocycles. The molecule has 0 aromatic heterocycles. The summed E-state index contributed by atoms with van der Waals surface area (Å²) < 4.78 is 58.9. The van der Waals surface area contributed by atoms with Gasteiger partial charge < -0.3 is 52.1 Å². The van der Waals surface area contributed by atoms with Crippen LogP contribution >= 0.6 is 11.8 Å². The predicted octanol–water partition coefficient (Wildman–Crippen LogP) is 5.04. The van der Waals surface area contributed by atoms with Crippen molar-refractivity contribution < 1.29 is 100 Å². The second-order valence-electron chi connectivity index (χ2n) is 25.3. The zero-order valence-electron chi connectivity index (χ0n) is 46.7. The summed E-state index contributed by atoms with van der Waals surface area (Å²) in [6, 6.07) is 0. The van der Waals surface area contributed by atoms with Crippen LogP contribution in [-0.4, -0.2) is 143 Å². The second-order valence-corrected chi connectivity index (χ2v) is 26.7. The molecule has 0 aromatic rings. The summed E-state index contributed by atoms with van der Waals surface area (Å²) in [5.41, 5.74) is 1.56. The third-order valence-corrected chi connectivity index (χ3v) is 21.3. The van der Waals surface area contributed by atoms with Gasteiger partial charge in [0.1, 0.15) is 42.7 Å². The van der Waals surface area contributed by atoms with Gasteiger partial charge in [0, 0.05) is 68.6 Å². The molecule has 0 N–H and O–H groups in total. The van der Waals surface area contributed by atoms with Gasteiger partial charge in [-0.3, -0.25) is 24.0 Å². The van der Waals surface area contributed by atoms with E-state index in [0.717, 1.165) is 51.4 Å². The molecule has 25 atom stereocenters. The standard InChI is InChI=1S/2C13H16O4.C12H14O4.C11H12O5.C11H12O4S/c1-6(2)11(14)16-9-7-4-8-10(9)17-12(15)13(8,3)5-7;1-6(2)12(14)16-10-7-3-4-8-9(5-7)13(15)17-11(8)10;1-5(2)11(13)15-9-6-3-7-8(4-6)12(14)16-10(7)9;1-4(2)10(12)15-8-6-3-5-7(14-6)9(8)16-11(5)13;1-4(2)10(12)14-7-6-3-5-9(16-6)8(7)15-11(5)13/h7-10H,1,4-5H2,2-3H3;7-11H,1,3-5H2,2H3;6-10H,1,3-4H2,2H3;2*5-9H,1,3H2,2H3. The van der Waals surface area contributed by atoms with Crippen LogP contribution < -0.4 is 0 Å². The molecule has 22 heteroatoms. The first-order valence-corrected chi connectivity index (χ1v) is 29.3. The van der Waals surface area contributed by atoms with Crippen molar-refractivity contribution in [3.8, 4) is 0 Å². The minimum atomic E-state index is -0.461. The molecule has 21 nitrogen and oxygen atoms in total. The lowest BCUT2D eigenvalue weighted by Gasteiger charge is -2.43. The number of hydrogen-bond acceptors (Lipinski definition) is 22. The van der Waals surface area contributed by atoms with Crippen LogP contribution in [0.3, 0.4) is 0 Å². The zero-order chi connectivity index (χ0) is 58.9. The van der Waals surface area contributed by atoms with Crippen LogP contribution in [0.25, 0.3) is 0 Å². The number of hydrogen-bond donors (Lipinski definition) is 0. The van der Waals surface area contributed by atoms with E-state index in [4.69, 9.17) is 52.1 Å². The van der Waals surface area contributed by atoms with Gasteiger partial charge >= 0.3 is 59.7 Å². The van der Waals surface area contributed by atoms with E-state index in [1.54, 1.807) is 46.4 Å². The monoisotopic (exact) mass is 1160 g/mol. The first kappa shape index (κ1) is 57.5. The van der Waals surface area contributed by atoms with Crippen molar-refractivity contribution in [2.75, 3.05) is 0 Å². The van der Waals surface area contributed by atoms with E-state index in [2.05, 4.69) is 32.9 Å². The summed E-state index contributed by atoms with van der Waals surface area (Å²) in [4.78, 5) is 115. The molecule has 16 rings (SSSR count). The number of rotatable bonds is 10. The van der Waals surface area contributed by atoms with E-state index >= 15 is 0 Å². The van der Waals surface area contributed by atoms with Gasteiger partial charge in [-0.2, -0.15) is 0 Å². The predicted molar refractivity (Wildman–Crippen MR) is 281 cm³/mol. The van der Waals surface area contributed by atoms with Gasteiger partial charge in [0.15, 0.2) is 24.4 Å². The van der Waals surface area contributed by atoms with E-state index in [9.17, 15) is 47.9 Å². The Hall–Kier alpha value is -6.29. The van der Waals surface area contributed by atoms with E-state index in [1.807, 2.05) is 6.92 Å². The normalized spacial score (nSPS) is 43.6. The average molecular weight is 1160 g/mol. The molecule has 7 saturated carbocycles. The van der Waals surface area contributed by atoms with Crippen LogP contribution in [0.5, 0.6) is 0 Å². The van der Waals surface area contributed by atoms with Crippen molar-refractivity contribution in [1.29, 1.82) is 0 Å².